The van der Waals surface area contributed by atoms with Gasteiger partial charge in [-0.15, -0.1) is 0 Å². The quantitative estimate of drug-likeness (QED) is 0.545. The Labute approximate surface area is 165 Å². The Morgan fingerprint density at radius 3 is 2.67 bits per heavy atom. The molecule has 6 heteroatoms. The molecule has 2 amide bonds. The molecule has 0 aromatic heterocycles. The highest BCUT2D eigenvalue weighted by Gasteiger charge is 2.19. The van der Waals surface area contributed by atoms with Crippen molar-refractivity contribution >= 4 is 34.8 Å². The zero-order valence-electron chi connectivity index (χ0n) is 16.1. The molecule has 0 heterocycles. The fraction of sp³-hybridized carbons (Fsp3) is 0.381. The standard InChI is InChI=1S/C21H26ClN3O2/c1-13(2)16-9-8-14(3)19(12-16)24-25-21(27)11-10-20(26)23-18-7-5-6-17(22)15(18)4/h5-8,16H,1,9-12H2,2-4H3,(H,23,26)(H,25,27)/t16-/m0/s1. The largest absolute Gasteiger partial charge is 0.326 e. The van der Waals surface area contributed by atoms with Gasteiger partial charge in [-0.1, -0.05) is 35.9 Å². The van der Waals surface area contributed by atoms with Gasteiger partial charge in [0.25, 0.3) is 0 Å². The maximum Gasteiger partial charge on any atom is 0.240 e. The van der Waals surface area contributed by atoms with Crippen LogP contribution in [0.15, 0.2) is 47.1 Å². The third-order valence-corrected chi connectivity index (χ3v) is 5.15. The van der Waals surface area contributed by atoms with Crippen LogP contribution in [0.1, 0.15) is 45.1 Å². The van der Waals surface area contributed by atoms with Crippen LogP contribution in [0.4, 0.5) is 5.69 Å². The molecule has 5 nitrogen and oxygen atoms in total. The van der Waals surface area contributed by atoms with Gasteiger partial charge in [-0.05, 0) is 62.8 Å². The number of anilines is 1. The highest BCUT2D eigenvalue weighted by Crippen LogP contribution is 2.26. The van der Waals surface area contributed by atoms with Crippen molar-refractivity contribution in [1.29, 1.82) is 0 Å². The molecule has 0 bridgehead atoms. The van der Waals surface area contributed by atoms with E-state index in [1.165, 1.54) is 0 Å². The number of benzene rings is 1. The lowest BCUT2D eigenvalue weighted by Crippen LogP contribution is -2.24. The van der Waals surface area contributed by atoms with E-state index < -0.39 is 0 Å². The van der Waals surface area contributed by atoms with E-state index in [0.29, 0.717) is 16.6 Å². The fourth-order valence-corrected chi connectivity index (χ4v) is 2.97. The number of amides is 2. The monoisotopic (exact) mass is 387 g/mol. The molecule has 144 valence electrons. The average molecular weight is 388 g/mol. The molecular weight excluding hydrogens is 362 g/mol. The van der Waals surface area contributed by atoms with Crippen LogP contribution >= 0.6 is 11.6 Å². The van der Waals surface area contributed by atoms with Crippen molar-refractivity contribution in [3.05, 3.63) is 52.6 Å². The maximum absolute atomic E-state index is 12.1. The van der Waals surface area contributed by atoms with Crippen molar-refractivity contribution in [3.8, 4) is 0 Å². The first-order valence-corrected chi connectivity index (χ1v) is 9.38. The molecule has 0 fully saturated rings. The topological polar surface area (TPSA) is 70.6 Å². The number of halogens is 1. The number of hydrogen-bond donors (Lipinski definition) is 2. The van der Waals surface area contributed by atoms with Gasteiger partial charge in [-0.25, -0.2) is 5.43 Å². The normalized spacial score (nSPS) is 18.0. The van der Waals surface area contributed by atoms with Crippen LogP contribution in [0.2, 0.25) is 5.02 Å². The molecule has 0 aliphatic heterocycles. The fourth-order valence-electron chi connectivity index (χ4n) is 2.79. The number of carbonyl (C=O) groups excluding carboxylic acids is 2. The number of rotatable bonds is 6. The van der Waals surface area contributed by atoms with E-state index in [-0.39, 0.29) is 24.7 Å². The van der Waals surface area contributed by atoms with Gasteiger partial charge in [0.1, 0.15) is 0 Å². The predicted molar refractivity (Wildman–Crippen MR) is 111 cm³/mol. The summed E-state index contributed by atoms with van der Waals surface area (Å²) in [6, 6.07) is 5.31. The summed E-state index contributed by atoms with van der Waals surface area (Å²) in [7, 11) is 0. The highest BCUT2D eigenvalue weighted by molar-refractivity contribution is 6.31. The minimum Gasteiger partial charge on any atom is -0.326 e. The van der Waals surface area contributed by atoms with Crippen LogP contribution in [0, 0.1) is 12.8 Å². The summed E-state index contributed by atoms with van der Waals surface area (Å²) < 4.78 is 0. The van der Waals surface area contributed by atoms with Crippen LogP contribution in [-0.4, -0.2) is 17.5 Å². The van der Waals surface area contributed by atoms with Crippen LogP contribution in [-0.2, 0) is 9.59 Å². The van der Waals surface area contributed by atoms with Gasteiger partial charge in [0.15, 0.2) is 0 Å². The first kappa shape index (κ1) is 20.9. The first-order valence-electron chi connectivity index (χ1n) is 9.00. The maximum atomic E-state index is 12.1. The molecule has 0 radical (unpaired) electrons. The van der Waals surface area contributed by atoms with Gasteiger partial charge < -0.3 is 5.32 Å². The van der Waals surface area contributed by atoms with Crippen molar-refractivity contribution in [2.24, 2.45) is 11.0 Å². The van der Waals surface area contributed by atoms with Crippen molar-refractivity contribution < 1.29 is 9.59 Å². The van der Waals surface area contributed by atoms with E-state index in [9.17, 15) is 9.59 Å². The van der Waals surface area contributed by atoms with Gasteiger partial charge in [-0.3, -0.25) is 9.59 Å². The molecule has 1 atom stereocenters. The summed E-state index contributed by atoms with van der Waals surface area (Å²) in [6.45, 7) is 9.83. The molecule has 1 aliphatic carbocycles. The van der Waals surface area contributed by atoms with Gasteiger partial charge in [-0.2, -0.15) is 5.10 Å². The number of nitrogens with zero attached hydrogens (tertiary/aromatic N) is 1. The number of hydrogen-bond acceptors (Lipinski definition) is 3. The summed E-state index contributed by atoms with van der Waals surface area (Å²) >= 11 is 6.04. The lowest BCUT2D eigenvalue weighted by atomic mass is 9.85. The van der Waals surface area contributed by atoms with Crippen molar-refractivity contribution in [3.63, 3.8) is 0 Å². The van der Waals surface area contributed by atoms with Crippen LogP contribution in [0.5, 0.6) is 0 Å². The second-order valence-corrected chi connectivity index (χ2v) is 7.33. The van der Waals surface area contributed by atoms with Gasteiger partial charge in [0.2, 0.25) is 11.8 Å². The lowest BCUT2D eigenvalue weighted by molar-refractivity contribution is -0.124. The average Bonchev–Trinajstić information content (AvgIpc) is 2.63. The van der Waals surface area contributed by atoms with E-state index in [4.69, 9.17) is 11.6 Å². The minimum atomic E-state index is -0.286. The van der Waals surface area contributed by atoms with Crippen LogP contribution in [0.3, 0.4) is 0 Å². The molecule has 1 aromatic rings. The predicted octanol–water partition coefficient (Wildman–Crippen LogP) is 4.77. The third-order valence-electron chi connectivity index (χ3n) is 4.74. The molecule has 1 aliphatic rings. The number of allylic oxidation sites excluding steroid dienone is 3. The molecule has 0 saturated heterocycles. The van der Waals surface area contributed by atoms with E-state index in [1.807, 2.05) is 20.8 Å². The molecule has 0 spiro atoms. The van der Waals surface area contributed by atoms with Crippen LogP contribution < -0.4 is 10.7 Å². The molecule has 0 saturated carbocycles. The number of hydrazone groups is 1. The Hall–Kier alpha value is -2.40. The number of carbonyl (C=O) groups is 2. The summed E-state index contributed by atoms with van der Waals surface area (Å²) in [5, 5.41) is 7.61. The van der Waals surface area contributed by atoms with Crippen molar-refractivity contribution in [1.82, 2.24) is 5.43 Å². The lowest BCUT2D eigenvalue weighted by Gasteiger charge is -2.22. The van der Waals surface area contributed by atoms with Gasteiger partial charge >= 0.3 is 0 Å². The molecule has 1 aromatic carbocycles. The molecular formula is C21H26ClN3O2. The molecule has 2 rings (SSSR count). The van der Waals surface area contributed by atoms with E-state index in [0.717, 1.165) is 35.3 Å². The van der Waals surface area contributed by atoms with Crippen LogP contribution in [0.25, 0.3) is 0 Å². The highest BCUT2D eigenvalue weighted by atomic mass is 35.5. The SMILES string of the molecule is C=C(C)[C@H]1CC=C(C)C(=NNC(=O)CCC(=O)Nc2cccc(Cl)c2C)C1. The second kappa shape index (κ2) is 9.51. The smallest absolute Gasteiger partial charge is 0.240 e. The summed E-state index contributed by atoms with van der Waals surface area (Å²) in [4.78, 5) is 24.1. The Bertz CT molecular complexity index is 812. The second-order valence-electron chi connectivity index (χ2n) is 6.92. The molecule has 2 N–H and O–H groups in total. The zero-order chi connectivity index (χ0) is 20.0. The van der Waals surface area contributed by atoms with Crippen molar-refractivity contribution in [2.45, 2.75) is 46.5 Å². The van der Waals surface area contributed by atoms with Gasteiger partial charge in [0.05, 0.1) is 5.71 Å². The molecule has 0 unspecified atom stereocenters. The van der Waals surface area contributed by atoms with Crippen molar-refractivity contribution in [2.75, 3.05) is 5.32 Å². The minimum absolute atomic E-state index is 0.0644. The Morgan fingerprint density at radius 1 is 1.26 bits per heavy atom. The Kier molecular flexibility index (Phi) is 7.36. The Balaban J connectivity index is 1.84. The molecule has 27 heavy (non-hydrogen) atoms. The van der Waals surface area contributed by atoms with E-state index in [1.54, 1.807) is 18.2 Å². The first-order chi connectivity index (χ1) is 12.8. The van der Waals surface area contributed by atoms with E-state index >= 15 is 0 Å². The summed E-state index contributed by atoms with van der Waals surface area (Å²) in [5.74, 6) is -0.166. The summed E-state index contributed by atoms with van der Waals surface area (Å²) in [6.07, 6.45) is 3.99. The van der Waals surface area contributed by atoms with Gasteiger partial charge in [0, 0.05) is 23.6 Å². The number of nitrogens with one attached hydrogen (secondary N) is 2. The zero-order valence-corrected chi connectivity index (χ0v) is 16.8. The van der Waals surface area contributed by atoms with E-state index in [2.05, 4.69) is 28.5 Å². The third kappa shape index (κ3) is 6.07. The Morgan fingerprint density at radius 2 is 1.96 bits per heavy atom. The summed E-state index contributed by atoms with van der Waals surface area (Å²) in [5.41, 5.74) is 7.07.